The summed E-state index contributed by atoms with van der Waals surface area (Å²) in [6, 6.07) is 11.8. The first-order valence-electron chi connectivity index (χ1n) is 6.94. The van der Waals surface area contributed by atoms with Crippen LogP contribution in [0.25, 0.3) is 0 Å². The Morgan fingerprint density at radius 2 is 1.43 bits per heavy atom. The van der Waals surface area contributed by atoms with Crippen molar-refractivity contribution in [3.05, 3.63) is 54.1 Å². The third kappa shape index (κ3) is 4.33. The minimum atomic E-state index is -4.09. The summed E-state index contributed by atoms with van der Waals surface area (Å²) >= 11 is 0. The van der Waals surface area contributed by atoms with Crippen LogP contribution in [-0.4, -0.2) is 23.1 Å². The zero-order valence-corrected chi connectivity index (χ0v) is 14.7. The number of hydrogen-bond acceptors (Lipinski definition) is 5. The lowest BCUT2D eigenvalue weighted by atomic mass is 10.0. The molecule has 0 bridgehead atoms. The highest BCUT2D eigenvalue weighted by Crippen LogP contribution is 2.23. The van der Waals surface area contributed by atoms with E-state index in [1.807, 2.05) is 13.8 Å². The van der Waals surface area contributed by atoms with E-state index in [2.05, 4.69) is 0 Å². The van der Waals surface area contributed by atoms with Crippen LogP contribution >= 0.6 is 0 Å². The highest BCUT2D eigenvalue weighted by atomic mass is 32.2. The zero-order valence-electron chi connectivity index (χ0n) is 13.1. The van der Waals surface area contributed by atoms with Crippen LogP contribution in [0.1, 0.15) is 25.3 Å². The van der Waals surface area contributed by atoms with E-state index in [9.17, 15) is 16.8 Å². The van der Waals surface area contributed by atoms with Gasteiger partial charge in [-0.3, -0.25) is 0 Å². The van der Waals surface area contributed by atoms with E-state index in [0.29, 0.717) is 5.92 Å². The molecule has 0 atom stereocenters. The summed E-state index contributed by atoms with van der Waals surface area (Å²) in [5.41, 5.74) is 1.06. The number of sulfone groups is 1. The van der Waals surface area contributed by atoms with Gasteiger partial charge in [0.15, 0.2) is 9.84 Å². The Bertz CT molecular complexity index is 896. The second-order valence-corrected chi connectivity index (χ2v) is 9.07. The summed E-state index contributed by atoms with van der Waals surface area (Å²) < 4.78 is 52.7. The Morgan fingerprint density at radius 3 is 1.96 bits per heavy atom. The highest BCUT2D eigenvalue weighted by Gasteiger charge is 2.19. The Hall–Kier alpha value is -1.86. The number of rotatable bonds is 5. The number of benzene rings is 2. The monoisotopic (exact) mass is 354 g/mol. The van der Waals surface area contributed by atoms with Crippen LogP contribution in [0.4, 0.5) is 0 Å². The average Bonchev–Trinajstić information content (AvgIpc) is 2.46. The van der Waals surface area contributed by atoms with Gasteiger partial charge < -0.3 is 4.18 Å². The van der Waals surface area contributed by atoms with Crippen molar-refractivity contribution in [2.45, 2.75) is 29.6 Å². The van der Waals surface area contributed by atoms with Crippen LogP contribution in [-0.2, 0) is 20.0 Å². The molecule has 0 spiro atoms. The van der Waals surface area contributed by atoms with Gasteiger partial charge in [0.1, 0.15) is 10.6 Å². The van der Waals surface area contributed by atoms with Crippen molar-refractivity contribution in [1.29, 1.82) is 0 Å². The van der Waals surface area contributed by atoms with Crippen LogP contribution in [0, 0.1) is 0 Å². The van der Waals surface area contributed by atoms with E-state index in [1.165, 1.54) is 18.2 Å². The van der Waals surface area contributed by atoms with Crippen LogP contribution in [0.5, 0.6) is 5.75 Å². The maximum Gasteiger partial charge on any atom is 0.339 e. The van der Waals surface area contributed by atoms with Crippen LogP contribution < -0.4 is 4.18 Å². The van der Waals surface area contributed by atoms with Gasteiger partial charge in [-0.15, -0.1) is 0 Å². The van der Waals surface area contributed by atoms with Gasteiger partial charge in [-0.1, -0.05) is 32.0 Å². The summed E-state index contributed by atoms with van der Waals surface area (Å²) in [6.45, 7) is 4.06. The molecule has 5 nitrogen and oxygen atoms in total. The van der Waals surface area contributed by atoms with E-state index >= 15 is 0 Å². The molecule has 2 aromatic rings. The topological polar surface area (TPSA) is 77.5 Å². The van der Waals surface area contributed by atoms with Gasteiger partial charge >= 0.3 is 10.1 Å². The fourth-order valence-corrected chi connectivity index (χ4v) is 3.66. The van der Waals surface area contributed by atoms with Gasteiger partial charge in [0.25, 0.3) is 0 Å². The Labute approximate surface area is 137 Å². The average molecular weight is 354 g/mol. The molecule has 0 radical (unpaired) electrons. The molecule has 0 N–H and O–H groups in total. The molecule has 0 heterocycles. The van der Waals surface area contributed by atoms with Crippen molar-refractivity contribution < 1.29 is 21.0 Å². The molecule has 2 aromatic carbocycles. The molecule has 7 heteroatoms. The predicted octanol–water partition coefficient (Wildman–Crippen LogP) is 2.98. The van der Waals surface area contributed by atoms with E-state index < -0.39 is 20.0 Å². The zero-order chi connectivity index (χ0) is 17.3. The predicted molar refractivity (Wildman–Crippen MR) is 87.9 cm³/mol. The lowest BCUT2D eigenvalue weighted by molar-refractivity contribution is 0.485. The van der Waals surface area contributed by atoms with E-state index in [0.717, 1.165) is 17.9 Å². The molecule has 0 aliphatic heterocycles. The SMILES string of the molecule is CC(C)c1ccc(OS(=O)(=O)c2cccc(S(C)(=O)=O)c2)cc1. The molecular weight excluding hydrogens is 336 g/mol. The standard InChI is InChI=1S/C16H18O5S2/c1-12(2)13-7-9-14(10-8-13)21-23(19,20)16-6-4-5-15(11-16)22(3,17)18/h4-12H,1-3H3. The van der Waals surface area contributed by atoms with Crippen molar-refractivity contribution in [2.24, 2.45) is 0 Å². The second kappa shape index (κ2) is 6.33. The van der Waals surface area contributed by atoms with Gasteiger partial charge in [0.2, 0.25) is 0 Å². The van der Waals surface area contributed by atoms with Gasteiger partial charge in [-0.2, -0.15) is 8.42 Å². The Morgan fingerprint density at radius 1 is 0.870 bits per heavy atom. The molecule has 23 heavy (non-hydrogen) atoms. The Kier molecular flexibility index (Phi) is 4.81. The molecule has 0 amide bonds. The molecule has 0 aliphatic rings. The lowest BCUT2D eigenvalue weighted by Gasteiger charge is -2.10. The minimum absolute atomic E-state index is 0.0719. The summed E-state index contributed by atoms with van der Waals surface area (Å²) in [5, 5.41) is 0. The molecule has 0 saturated heterocycles. The van der Waals surface area contributed by atoms with Crippen molar-refractivity contribution in [1.82, 2.24) is 0 Å². The van der Waals surface area contributed by atoms with Crippen molar-refractivity contribution in [3.63, 3.8) is 0 Å². The fraction of sp³-hybridized carbons (Fsp3) is 0.250. The minimum Gasteiger partial charge on any atom is -0.379 e. The van der Waals surface area contributed by atoms with Crippen LogP contribution in [0.3, 0.4) is 0 Å². The van der Waals surface area contributed by atoms with Gasteiger partial charge in [0, 0.05) is 6.26 Å². The molecule has 0 aromatic heterocycles. The second-order valence-electron chi connectivity index (χ2n) is 5.51. The van der Waals surface area contributed by atoms with Gasteiger partial charge in [-0.25, -0.2) is 8.42 Å². The van der Waals surface area contributed by atoms with E-state index in [1.54, 1.807) is 24.3 Å². The maximum atomic E-state index is 12.3. The Balaban J connectivity index is 2.32. The molecule has 0 aliphatic carbocycles. The third-order valence-corrected chi connectivity index (χ3v) is 5.63. The number of hydrogen-bond donors (Lipinski definition) is 0. The maximum absolute atomic E-state index is 12.3. The molecule has 0 fully saturated rings. The first-order valence-corrected chi connectivity index (χ1v) is 10.2. The summed E-state index contributed by atoms with van der Waals surface area (Å²) in [7, 11) is -7.59. The van der Waals surface area contributed by atoms with Gasteiger partial charge in [-0.05, 0) is 41.8 Å². The largest absolute Gasteiger partial charge is 0.379 e. The van der Waals surface area contributed by atoms with Crippen LogP contribution in [0.15, 0.2) is 58.3 Å². The van der Waals surface area contributed by atoms with E-state index in [-0.39, 0.29) is 15.5 Å². The van der Waals surface area contributed by atoms with E-state index in [4.69, 9.17) is 4.18 Å². The molecule has 2 rings (SSSR count). The molecule has 0 unspecified atom stereocenters. The lowest BCUT2D eigenvalue weighted by Crippen LogP contribution is -2.10. The van der Waals surface area contributed by atoms with Crippen molar-refractivity contribution >= 4 is 20.0 Å². The molecule has 0 saturated carbocycles. The normalized spacial score (nSPS) is 12.3. The molecular formula is C16H18O5S2. The molecule has 124 valence electrons. The summed E-state index contributed by atoms with van der Waals surface area (Å²) in [5.74, 6) is 0.506. The first-order chi connectivity index (χ1) is 10.6. The smallest absolute Gasteiger partial charge is 0.339 e. The third-order valence-electron chi connectivity index (χ3n) is 3.28. The highest BCUT2D eigenvalue weighted by molar-refractivity contribution is 7.90. The quantitative estimate of drug-likeness (QED) is 0.772. The van der Waals surface area contributed by atoms with Crippen molar-refractivity contribution in [2.75, 3.05) is 6.26 Å². The fourth-order valence-electron chi connectivity index (χ4n) is 1.94. The van der Waals surface area contributed by atoms with Crippen molar-refractivity contribution in [3.8, 4) is 5.75 Å². The van der Waals surface area contributed by atoms with Gasteiger partial charge in [0.05, 0.1) is 4.90 Å². The van der Waals surface area contributed by atoms with Crippen LogP contribution in [0.2, 0.25) is 0 Å². The first kappa shape index (κ1) is 17.5. The summed E-state index contributed by atoms with van der Waals surface area (Å²) in [4.78, 5) is -0.273. The summed E-state index contributed by atoms with van der Waals surface area (Å²) in [6.07, 6.45) is 1.02.